The molecule has 0 bridgehead atoms. The lowest BCUT2D eigenvalue weighted by Crippen LogP contribution is -2.49. The van der Waals surface area contributed by atoms with Crippen LogP contribution < -0.4 is 21.1 Å². The van der Waals surface area contributed by atoms with E-state index in [0.717, 1.165) is 11.5 Å². The van der Waals surface area contributed by atoms with Crippen molar-refractivity contribution in [3.8, 4) is 5.75 Å². The molecule has 1 atom stereocenters. The lowest BCUT2D eigenvalue weighted by Gasteiger charge is -2.16. The average Bonchev–Trinajstić information content (AvgIpc) is 2.52. The third kappa shape index (κ3) is 8.35. The Hall–Kier alpha value is -1.89. The maximum absolute atomic E-state index is 12.0. The number of carbonyl (C=O) groups is 2. The minimum atomic E-state index is -0.686. The van der Waals surface area contributed by atoms with Gasteiger partial charge in [0.15, 0.2) is 0 Å². The van der Waals surface area contributed by atoms with E-state index >= 15 is 0 Å². The molecule has 0 saturated carbocycles. The SMILES string of the molecule is CSCCC(NC(N)=O)C(=O)NCCCOc1ccc(C)cc1. The Balaban J connectivity index is 2.25. The summed E-state index contributed by atoms with van der Waals surface area (Å²) in [6, 6.07) is 6.55. The number of ether oxygens (including phenoxy) is 1. The molecule has 0 saturated heterocycles. The highest BCUT2D eigenvalue weighted by molar-refractivity contribution is 7.98. The summed E-state index contributed by atoms with van der Waals surface area (Å²) < 4.78 is 5.59. The monoisotopic (exact) mass is 339 g/mol. The number of carbonyl (C=O) groups excluding carboxylic acids is 2. The van der Waals surface area contributed by atoms with Crippen molar-refractivity contribution >= 4 is 23.7 Å². The average molecular weight is 339 g/mol. The van der Waals surface area contributed by atoms with Gasteiger partial charge in [-0.1, -0.05) is 17.7 Å². The second-order valence-corrected chi connectivity index (χ2v) is 6.13. The number of urea groups is 1. The minimum absolute atomic E-state index is 0.215. The summed E-state index contributed by atoms with van der Waals surface area (Å²) in [4.78, 5) is 23.0. The standard InChI is InChI=1S/C16H25N3O3S/c1-12-4-6-13(7-5-12)22-10-3-9-18-15(20)14(8-11-23-2)19-16(17)21/h4-7,14H,3,8-11H2,1-2H3,(H,18,20)(H3,17,19,21). The molecular formula is C16H25N3O3S. The Labute approximate surface area is 141 Å². The van der Waals surface area contributed by atoms with E-state index in [9.17, 15) is 9.59 Å². The lowest BCUT2D eigenvalue weighted by atomic mass is 10.2. The summed E-state index contributed by atoms with van der Waals surface area (Å²) in [6.45, 7) is 3.02. The van der Waals surface area contributed by atoms with Crippen molar-refractivity contribution in [3.05, 3.63) is 29.8 Å². The number of primary amides is 1. The number of rotatable bonds is 10. The molecule has 23 heavy (non-hydrogen) atoms. The number of aryl methyl sites for hydroxylation is 1. The molecule has 0 spiro atoms. The highest BCUT2D eigenvalue weighted by Crippen LogP contribution is 2.11. The van der Waals surface area contributed by atoms with Crippen molar-refractivity contribution in [1.29, 1.82) is 0 Å². The lowest BCUT2D eigenvalue weighted by molar-refractivity contribution is -0.122. The largest absolute Gasteiger partial charge is 0.494 e. The van der Waals surface area contributed by atoms with Gasteiger partial charge in [0.25, 0.3) is 0 Å². The summed E-state index contributed by atoms with van der Waals surface area (Å²) in [5.74, 6) is 1.37. The van der Waals surface area contributed by atoms with Gasteiger partial charge in [0.2, 0.25) is 5.91 Å². The van der Waals surface area contributed by atoms with Gasteiger partial charge in [-0.3, -0.25) is 4.79 Å². The normalized spacial score (nSPS) is 11.6. The van der Waals surface area contributed by atoms with Gasteiger partial charge in [0.1, 0.15) is 11.8 Å². The molecule has 3 amide bonds. The molecular weight excluding hydrogens is 314 g/mol. The third-order valence-corrected chi connectivity index (χ3v) is 3.80. The van der Waals surface area contributed by atoms with Gasteiger partial charge >= 0.3 is 6.03 Å². The molecule has 0 aliphatic rings. The van der Waals surface area contributed by atoms with Gasteiger partial charge in [-0.05, 0) is 43.9 Å². The smallest absolute Gasteiger partial charge is 0.312 e. The Kier molecular flexibility index (Phi) is 8.97. The zero-order valence-corrected chi connectivity index (χ0v) is 14.4. The van der Waals surface area contributed by atoms with Crippen LogP contribution in [0.4, 0.5) is 4.79 Å². The highest BCUT2D eigenvalue weighted by atomic mass is 32.2. The molecule has 0 heterocycles. The van der Waals surface area contributed by atoms with Gasteiger partial charge in [-0.15, -0.1) is 0 Å². The Morgan fingerprint density at radius 1 is 1.30 bits per heavy atom. The van der Waals surface area contributed by atoms with E-state index < -0.39 is 12.1 Å². The Morgan fingerprint density at radius 3 is 2.61 bits per heavy atom. The van der Waals surface area contributed by atoms with Crippen LogP contribution in [-0.4, -0.2) is 43.1 Å². The minimum Gasteiger partial charge on any atom is -0.494 e. The van der Waals surface area contributed by atoms with Gasteiger partial charge in [0, 0.05) is 6.54 Å². The molecule has 0 aliphatic heterocycles. The fourth-order valence-electron chi connectivity index (χ4n) is 1.91. The fraction of sp³-hybridized carbons (Fsp3) is 0.500. The van der Waals surface area contributed by atoms with E-state index in [1.54, 1.807) is 11.8 Å². The molecule has 0 radical (unpaired) electrons. The van der Waals surface area contributed by atoms with Gasteiger partial charge < -0.3 is 21.1 Å². The van der Waals surface area contributed by atoms with Crippen LogP contribution >= 0.6 is 11.8 Å². The number of hydrogen-bond donors (Lipinski definition) is 3. The van der Waals surface area contributed by atoms with E-state index in [4.69, 9.17) is 10.5 Å². The summed E-state index contributed by atoms with van der Waals surface area (Å²) in [5.41, 5.74) is 6.28. The van der Waals surface area contributed by atoms with Crippen LogP contribution in [0.5, 0.6) is 5.75 Å². The van der Waals surface area contributed by atoms with Crippen LogP contribution in [-0.2, 0) is 4.79 Å². The van der Waals surface area contributed by atoms with Crippen molar-refractivity contribution in [2.75, 3.05) is 25.2 Å². The predicted molar refractivity (Wildman–Crippen MR) is 93.8 cm³/mol. The molecule has 0 aromatic heterocycles. The second kappa shape index (κ2) is 10.8. The molecule has 1 rings (SSSR count). The molecule has 7 heteroatoms. The van der Waals surface area contributed by atoms with E-state index in [1.807, 2.05) is 37.4 Å². The fourth-order valence-corrected chi connectivity index (χ4v) is 2.38. The van der Waals surface area contributed by atoms with E-state index in [1.165, 1.54) is 5.56 Å². The van der Waals surface area contributed by atoms with Gasteiger partial charge in [-0.25, -0.2) is 4.79 Å². The van der Waals surface area contributed by atoms with Crippen molar-refractivity contribution < 1.29 is 14.3 Å². The molecule has 6 nitrogen and oxygen atoms in total. The maximum atomic E-state index is 12.0. The molecule has 1 aromatic carbocycles. The molecule has 4 N–H and O–H groups in total. The first-order valence-corrected chi connectivity index (χ1v) is 8.94. The summed E-state index contributed by atoms with van der Waals surface area (Å²) in [6.07, 6.45) is 3.18. The first-order chi connectivity index (χ1) is 11.0. The van der Waals surface area contributed by atoms with Gasteiger partial charge in [-0.2, -0.15) is 11.8 Å². The summed E-state index contributed by atoms with van der Waals surface area (Å²) in [7, 11) is 0. The first kappa shape index (κ1) is 19.2. The van der Waals surface area contributed by atoms with Crippen LogP contribution in [0, 0.1) is 6.92 Å². The number of nitrogens with one attached hydrogen (secondary N) is 2. The highest BCUT2D eigenvalue weighted by Gasteiger charge is 2.18. The number of nitrogens with two attached hydrogens (primary N) is 1. The Bertz CT molecular complexity index is 494. The number of thioether (sulfide) groups is 1. The van der Waals surface area contributed by atoms with Gasteiger partial charge in [0.05, 0.1) is 6.61 Å². The number of hydrogen-bond acceptors (Lipinski definition) is 4. The van der Waals surface area contributed by atoms with Crippen LogP contribution in [0.2, 0.25) is 0 Å². The van der Waals surface area contributed by atoms with Crippen LogP contribution in [0.25, 0.3) is 0 Å². The first-order valence-electron chi connectivity index (χ1n) is 7.55. The second-order valence-electron chi connectivity index (χ2n) is 5.15. The zero-order valence-electron chi connectivity index (χ0n) is 13.6. The zero-order chi connectivity index (χ0) is 17.1. The molecule has 1 aromatic rings. The molecule has 128 valence electrons. The van der Waals surface area contributed by atoms with Crippen molar-refractivity contribution in [2.24, 2.45) is 5.73 Å². The predicted octanol–water partition coefficient (Wildman–Crippen LogP) is 1.67. The van der Waals surface area contributed by atoms with E-state index in [-0.39, 0.29) is 5.91 Å². The van der Waals surface area contributed by atoms with E-state index in [0.29, 0.717) is 26.0 Å². The number of benzene rings is 1. The molecule has 0 fully saturated rings. The molecule has 0 aliphatic carbocycles. The quantitative estimate of drug-likeness (QED) is 0.565. The van der Waals surface area contributed by atoms with Crippen LogP contribution in [0.3, 0.4) is 0 Å². The van der Waals surface area contributed by atoms with Crippen molar-refractivity contribution in [2.45, 2.75) is 25.8 Å². The summed E-state index contributed by atoms with van der Waals surface area (Å²) in [5, 5.41) is 5.26. The maximum Gasteiger partial charge on any atom is 0.312 e. The third-order valence-electron chi connectivity index (χ3n) is 3.15. The van der Waals surface area contributed by atoms with Crippen LogP contribution in [0.15, 0.2) is 24.3 Å². The molecule has 1 unspecified atom stereocenters. The van der Waals surface area contributed by atoms with Crippen LogP contribution in [0.1, 0.15) is 18.4 Å². The summed E-state index contributed by atoms with van der Waals surface area (Å²) >= 11 is 1.61. The van der Waals surface area contributed by atoms with Crippen molar-refractivity contribution in [1.82, 2.24) is 10.6 Å². The topological polar surface area (TPSA) is 93.5 Å². The van der Waals surface area contributed by atoms with E-state index in [2.05, 4.69) is 10.6 Å². The van der Waals surface area contributed by atoms with Crippen molar-refractivity contribution in [3.63, 3.8) is 0 Å². The Morgan fingerprint density at radius 2 is 2.00 bits per heavy atom. The number of amides is 3.